The molecular weight excluding hydrogens is 184 g/mol. The van der Waals surface area contributed by atoms with E-state index in [0.29, 0.717) is 0 Å². The van der Waals surface area contributed by atoms with Crippen LogP contribution in [0.3, 0.4) is 0 Å². The molecule has 0 amide bonds. The van der Waals surface area contributed by atoms with E-state index in [-0.39, 0.29) is 0 Å². The van der Waals surface area contributed by atoms with Gasteiger partial charge in [-0.1, -0.05) is 19.1 Å². The second kappa shape index (κ2) is 4.13. The summed E-state index contributed by atoms with van der Waals surface area (Å²) in [6.45, 7) is 2.10. The van der Waals surface area contributed by atoms with Gasteiger partial charge in [-0.3, -0.25) is 4.98 Å². The molecule has 2 nitrogen and oxygen atoms in total. The first-order valence-electron chi connectivity index (χ1n) is 5.10. The number of benzene rings is 1. The number of aromatic nitrogens is 1. The van der Waals surface area contributed by atoms with Gasteiger partial charge in [-0.05, 0) is 41.8 Å². The highest BCUT2D eigenvalue weighted by Gasteiger charge is 1.99. The number of pyridine rings is 1. The Balaban J connectivity index is 2.44. The highest BCUT2D eigenvalue weighted by Crippen LogP contribution is 2.21. The van der Waals surface area contributed by atoms with Gasteiger partial charge >= 0.3 is 0 Å². The summed E-state index contributed by atoms with van der Waals surface area (Å²) in [6, 6.07) is 12.0. The fourth-order valence-corrected chi connectivity index (χ4v) is 1.57. The predicted octanol–water partition coefficient (Wildman–Crippen LogP) is 2.89. The lowest BCUT2D eigenvalue weighted by atomic mass is 10.1. The van der Waals surface area contributed by atoms with E-state index in [0.717, 1.165) is 23.4 Å². The second-order valence-corrected chi connectivity index (χ2v) is 3.51. The quantitative estimate of drug-likeness (QED) is 0.753. The molecule has 0 aliphatic carbocycles. The maximum absolute atomic E-state index is 5.75. The lowest BCUT2D eigenvalue weighted by Crippen LogP contribution is -1.88. The van der Waals surface area contributed by atoms with Crippen molar-refractivity contribution in [2.75, 3.05) is 5.73 Å². The molecule has 0 unspecified atom stereocenters. The third-order valence-corrected chi connectivity index (χ3v) is 2.40. The summed E-state index contributed by atoms with van der Waals surface area (Å²) in [6.07, 6.45) is 2.80. The lowest BCUT2D eigenvalue weighted by Gasteiger charge is -2.04. The van der Waals surface area contributed by atoms with Crippen molar-refractivity contribution in [1.82, 2.24) is 4.98 Å². The van der Waals surface area contributed by atoms with Gasteiger partial charge in [0.1, 0.15) is 0 Å². The molecule has 1 aromatic heterocycles. The molecule has 2 heteroatoms. The average Bonchev–Trinajstić information content (AvgIpc) is 2.29. The van der Waals surface area contributed by atoms with Gasteiger partial charge in [0.05, 0.1) is 0 Å². The van der Waals surface area contributed by atoms with Gasteiger partial charge in [-0.25, -0.2) is 0 Å². The standard InChI is InChI=1S/C13H14N2/c1-2-13-9-11(6-7-15-13)10-4-3-5-12(14)8-10/h3-9H,2,14H2,1H3. The van der Waals surface area contributed by atoms with Crippen LogP contribution in [0.5, 0.6) is 0 Å². The van der Waals surface area contributed by atoms with E-state index in [1.54, 1.807) is 0 Å². The summed E-state index contributed by atoms with van der Waals surface area (Å²) in [5.74, 6) is 0. The van der Waals surface area contributed by atoms with Crippen LogP contribution in [0.15, 0.2) is 42.6 Å². The molecule has 1 heterocycles. The van der Waals surface area contributed by atoms with Crippen LogP contribution in [-0.2, 0) is 6.42 Å². The molecule has 0 radical (unpaired) electrons. The van der Waals surface area contributed by atoms with E-state index < -0.39 is 0 Å². The molecule has 0 aliphatic heterocycles. The maximum Gasteiger partial charge on any atom is 0.0407 e. The molecular formula is C13H14N2. The minimum atomic E-state index is 0.794. The van der Waals surface area contributed by atoms with Gasteiger partial charge in [0, 0.05) is 17.6 Å². The van der Waals surface area contributed by atoms with Crippen molar-refractivity contribution < 1.29 is 0 Å². The zero-order chi connectivity index (χ0) is 10.7. The summed E-state index contributed by atoms with van der Waals surface area (Å²) in [4.78, 5) is 4.27. The molecule has 76 valence electrons. The Morgan fingerprint density at radius 1 is 1.13 bits per heavy atom. The van der Waals surface area contributed by atoms with E-state index in [1.807, 2.05) is 30.5 Å². The molecule has 15 heavy (non-hydrogen) atoms. The van der Waals surface area contributed by atoms with Crippen molar-refractivity contribution in [2.45, 2.75) is 13.3 Å². The first kappa shape index (κ1) is 9.71. The van der Waals surface area contributed by atoms with E-state index in [9.17, 15) is 0 Å². The summed E-state index contributed by atoms with van der Waals surface area (Å²) in [7, 11) is 0. The van der Waals surface area contributed by atoms with Crippen LogP contribution in [0.1, 0.15) is 12.6 Å². The van der Waals surface area contributed by atoms with Crippen molar-refractivity contribution in [3.05, 3.63) is 48.3 Å². The van der Waals surface area contributed by atoms with Crippen LogP contribution in [0, 0.1) is 0 Å². The van der Waals surface area contributed by atoms with Gasteiger partial charge < -0.3 is 5.73 Å². The number of nitrogen functional groups attached to an aromatic ring is 1. The van der Waals surface area contributed by atoms with Crippen molar-refractivity contribution in [3.8, 4) is 11.1 Å². The number of hydrogen-bond donors (Lipinski definition) is 1. The molecule has 0 atom stereocenters. The molecule has 0 fully saturated rings. The first-order valence-corrected chi connectivity index (χ1v) is 5.10. The molecule has 2 N–H and O–H groups in total. The second-order valence-electron chi connectivity index (χ2n) is 3.51. The highest BCUT2D eigenvalue weighted by atomic mass is 14.7. The summed E-state index contributed by atoms with van der Waals surface area (Å²) in [5.41, 5.74) is 9.97. The van der Waals surface area contributed by atoms with Crippen molar-refractivity contribution >= 4 is 5.69 Å². The largest absolute Gasteiger partial charge is 0.399 e. The normalized spacial score (nSPS) is 10.2. The van der Waals surface area contributed by atoms with Crippen LogP contribution in [-0.4, -0.2) is 4.98 Å². The van der Waals surface area contributed by atoms with E-state index >= 15 is 0 Å². The Morgan fingerprint density at radius 3 is 2.67 bits per heavy atom. The van der Waals surface area contributed by atoms with Crippen molar-refractivity contribution in [3.63, 3.8) is 0 Å². The average molecular weight is 198 g/mol. The maximum atomic E-state index is 5.75. The highest BCUT2D eigenvalue weighted by molar-refractivity contribution is 5.67. The third kappa shape index (κ3) is 2.15. The van der Waals surface area contributed by atoms with Crippen LogP contribution < -0.4 is 5.73 Å². The molecule has 2 aromatic rings. The fourth-order valence-electron chi connectivity index (χ4n) is 1.57. The van der Waals surface area contributed by atoms with Crippen molar-refractivity contribution in [1.29, 1.82) is 0 Å². The van der Waals surface area contributed by atoms with Crippen LogP contribution in [0.4, 0.5) is 5.69 Å². The Kier molecular flexibility index (Phi) is 2.68. The Bertz CT molecular complexity index is 464. The molecule has 0 saturated carbocycles. The number of nitrogens with two attached hydrogens (primary N) is 1. The molecule has 2 rings (SSSR count). The van der Waals surface area contributed by atoms with Gasteiger partial charge in [0.2, 0.25) is 0 Å². The van der Waals surface area contributed by atoms with Gasteiger partial charge in [0.25, 0.3) is 0 Å². The third-order valence-electron chi connectivity index (χ3n) is 2.40. The zero-order valence-corrected chi connectivity index (χ0v) is 8.77. The first-order chi connectivity index (χ1) is 7.29. The number of aryl methyl sites for hydroxylation is 1. The van der Waals surface area contributed by atoms with Crippen LogP contribution in [0.2, 0.25) is 0 Å². The van der Waals surface area contributed by atoms with Crippen LogP contribution in [0.25, 0.3) is 11.1 Å². The monoisotopic (exact) mass is 198 g/mol. The molecule has 0 saturated heterocycles. The minimum absolute atomic E-state index is 0.794. The number of hydrogen-bond acceptors (Lipinski definition) is 2. The van der Waals surface area contributed by atoms with E-state index in [2.05, 4.69) is 24.0 Å². The summed E-state index contributed by atoms with van der Waals surface area (Å²) < 4.78 is 0. The number of anilines is 1. The van der Waals surface area contributed by atoms with Crippen LogP contribution >= 0.6 is 0 Å². The SMILES string of the molecule is CCc1cc(-c2cccc(N)c2)ccn1. The van der Waals surface area contributed by atoms with Gasteiger partial charge in [-0.2, -0.15) is 0 Å². The van der Waals surface area contributed by atoms with Gasteiger partial charge in [0.15, 0.2) is 0 Å². The summed E-state index contributed by atoms with van der Waals surface area (Å²) >= 11 is 0. The number of rotatable bonds is 2. The van der Waals surface area contributed by atoms with E-state index in [4.69, 9.17) is 5.73 Å². The topological polar surface area (TPSA) is 38.9 Å². The summed E-state index contributed by atoms with van der Waals surface area (Å²) in [5, 5.41) is 0. The lowest BCUT2D eigenvalue weighted by molar-refractivity contribution is 1.04. The smallest absolute Gasteiger partial charge is 0.0407 e. The molecule has 0 bridgehead atoms. The predicted molar refractivity (Wildman–Crippen MR) is 63.5 cm³/mol. The molecule has 1 aromatic carbocycles. The Hall–Kier alpha value is -1.83. The van der Waals surface area contributed by atoms with E-state index in [1.165, 1.54) is 5.56 Å². The molecule has 0 aliphatic rings. The Morgan fingerprint density at radius 2 is 1.93 bits per heavy atom. The van der Waals surface area contributed by atoms with Crippen molar-refractivity contribution in [2.24, 2.45) is 0 Å². The zero-order valence-electron chi connectivity index (χ0n) is 8.77. The minimum Gasteiger partial charge on any atom is -0.399 e. The van der Waals surface area contributed by atoms with Gasteiger partial charge in [-0.15, -0.1) is 0 Å². The molecule has 0 spiro atoms. The fraction of sp³-hybridized carbons (Fsp3) is 0.154. The number of nitrogens with zero attached hydrogens (tertiary/aromatic N) is 1. The Labute approximate surface area is 89.8 Å².